The van der Waals surface area contributed by atoms with Gasteiger partial charge in [0.15, 0.2) is 0 Å². The van der Waals surface area contributed by atoms with Gasteiger partial charge in [-0.3, -0.25) is 0 Å². The standard InChI is InChI=1S/C21H22O2/c1-14-7-8-15(2)16(11-14)13-22-17-9-10-21-19(12-17)18-5-3-4-6-20(18)23-21/h7-12H,3-6,13H2,1-2H3. The summed E-state index contributed by atoms with van der Waals surface area (Å²) < 4.78 is 12.0. The van der Waals surface area contributed by atoms with Crippen molar-refractivity contribution in [3.8, 4) is 5.75 Å². The minimum Gasteiger partial charge on any atom is -0.489 e. The zero-order valence-electron chi connectivity index (χ0n) is 13.8. The molecule has 0 atom stereocenters. The van der Waals surface area contributed by atoms with Crippen molar-refractivity contribution >= 4 is 11.0 Å². The number of hydrogen-bond acceptors (Lipinski definition) is 2. The van der Waals surface area contributed by atoms with Gasteiger partial charge in [-0.2, -0.15) is 0 Å². The van der Waals surface area contributed by atoms with E-state index in [2.05, 4.69) is 38.1 Å². The fraction of sp³-hybridized carbons (Fsp3) is 0.333. The minimum atomic E-state index is 0.610. The maximum Gasteiger partial charge on any atom is 0.134 e. The number of fused-ring (bicyclic) bond motifs is 3. The molecule has 0 saturated carbocycles. The Morgan fingerprint density at radius 1 is 1.00 bits per heavy atom. The van der Waals surface area contributed by atoms with Crippen LogP contribution in [0.3, 0.4) is 0 Å². The molecule has 0 unspecified atom stereocenters. The zero-order chi connectivity index (χ0) is 15.8. The van der Waals surface area contributed by atoms with Crippen LogP contribution >= 0.6 is 0 Å². The van der Waals surface area contributed by atoms with Gasteiger partial charge in [0.05, 0.1) is 0 Å². The lowest BCUT2D eigenvalue weighted by Crippen LogP contribution is -1.99. The number of furan rings is 1. The lowest BCUT2D eigenvalue weighted by atomic mass is 9.96. The van der Waals surface area contributed by atoms with Gasteiger partial charge in [-0.15, -0.1) is 0 Å². The van der Waals surface area contributed by atoms with Crippen LogP contribution in [-0.2, 0) is 19.4 Å². The van der Waals surface area contributed by atoms with Crippen molar-refractivity contribution < 1.29 is 9.15 Å². The molecule has 2 aromatic carbocycles. The highest BCUT2D eigenvalue weighted by Gasteiger charge is 2.18. The van der Waals surface area contributed by atoms with Crippen LogP contribution in [0, 0.1) is 13.8 Å². The van der Waals surface area contributed by atoms with Gasteiger partial charge in [-0.1, -0.05) is 23.8 Å². The van der Waals surface area contributed by atoms with Crippen LogP contribution in [0.25, 0.3) is 11.0 Å². The van der Waals surface area contributed by atoms with Gasteiger partial charge in [0.25, 0.3) is 0 Å². The second-order valence-electron chi connectivity index (χ2n) is 6.59. The van der Waals surface area contributed by atoms with Crippen LogP contribution < -0.4 is 4.74 Å². The summed E-state index contributed by atoms with van der Waals surface area (Å²) in [5, 5.41) is 1.23. The lowest BCUT2D eigenvalue weighted by molar-refractivity contribution is 0.305. The summed E-state index contributed by atoms with van der Waals surface area (Å²) >= 11 is 0. The van der Waals surface area contributed by atoms with E-state index in [1.165, 1.54) is 46.2 Å². The lowest BCUT2D eigenvalue weighted by Gasteiger charge is -2.11. The molecule has 4 rings (SSSR count). The highest BCUT2D eigenvalue weighted by atomic mass is 16.5. The summed E-state index contributed by atoms with van der Waals surface area (Å²) in [6, 6.07) is 12.7. The zero-order valence-corrected chi connectivity index (χ0v) is 13.8. The molecule has 0 aliphatic heterocycles. The van der Waals surface area contributed by atoms with Crippen molar-refractivity contribution in [1.29, 1.82) is 0 Å². The molecule has 0 radical (unpaired) electrons. The summed E-state index contributed by atoms with van der Waals surface area (Å²) in [7, 11) is 0. The summed E-state index contributed by atoms with van der Waals surface area (Å²) in [5.41, 5.74) is 6.18. The third-order valence-electron chi connectivity index (χ3n) is 4.83. The number of aryl methyl sites for hydroxylation is 4. The first-order valence-corrected chi connectivity index (χ1v) is 8.44. The van der Waals surface area contributed by atoms with E-state index < -0.39 is 0 Å². The van der Waals surface area contributed by atoms with Crippen molar-refractivity contribution in [2.24, 2.45) is 0 Å². The molecule has 1 aliphatic carbocycles. The monoisotopic (exact) mass is 306 g/mol. The Kier molecular flexibility index (Phi) is 3.60. The summed E-state index contributed by atoms with van der Waals surface area (Å²) in [5.74, 6) is 2.10. The van der Waals surface area contributed by atoms with Crippen LogP contribution in [0.15, 0.2) is 40.8 Å². The summed E-state index contributed by atoms with van der Waals surface area (Å²) in [6.07, 6.45) is 4.70. The van der Waals surface area contributed by atoms with E-state index >= 15 is 0 Å². The SMILES string of the molecule is Cc1ccc(C)c(COc2ccc3oc4c(c3c2)CCCC4)c1. The molecule has 23 heavy (non-hydrogen) atoms. The summed E-state index contributed by atoms with van der Waals surface area (Å²) in [4.78, 5) is 0. The van der Waals surface area contributed by atoms with Gasteiger partial charge in [0.2, 0.25) is 0 Å². The van der Waals surface area contributed by atoms with Crippen LogP contribution in [0.1, 0.15) is 40.9 Å². The van der Waals surface area contributed by atoms with Gasteiger partial charge >= 0.3 is 0 Å². The molecule has 118 valence electrons. The number of benzene rings is 2. The fourth-order valence-electron chi connectivity index (χ4n) is 3.45. The van der Waals surface area contributed by atoms with Crippen molar-refractivity contribution in [3.05, 3.63) is 64.4 Å². The molecule has 1 aliphatic rings. The molecule has 0 fully saturated rings. The molecule has 0 bridgehead atoms. The minimum absolute atomic E-state index is 0.610. The van der Waals surface area contributed by atoms with Crippen LogP contribution in [0.5, 0.6) is 5.75 Å². The van der Waals surface area contributed by atoms with E-state index in [0.29, 0.717) is 6.61 Å². The Balaban J connectivity index is 1.60. The molecule has 1 aromatic heterocycles. The normalized spacial score (nSPS) is 14.0. The van der Waals surface area contributed by atoms with Gasteiger partial charge in [-0.05, 0) is 62.4 Å². The van der Waals surface area contributed by atoms with Gasteiger partial charge in [0, 0.05) is 17.4 Å². The van der Waals surface area contributed by atoms with E-state index in [-0.39, 0.29) is 0 Å². The van der Waals surface area contributed by atoms with Gasteiger partial charge < -0.3 is 9.15 Å². The Morgan fingerprint density at radius 2 is 1.87 bits per heavy atom. The highest BCUT2D eigenvalue weighted by molar-refractivity contribution is 5.84. The predicted molar refractivity (Wildman–Crippen MR) is 93.1 cm³/mol. The Labute approximate surface area is 137 Å². The molecular formula is C21H22O2. The molecule has 0 saturated heterocycles. The van der Waals surface area contributed by atoms with Crippen molar-refractivity contribution in [2.75, 3.05) is 0 Å². The van der Waals surface area contributed by atoms with E-state index in [0.717, 1.165) is 24.2 Å². The average molecular weight is 306 g/mol. The molecular weight excluding hydrogens is 284 g/mol. The molecule has 0 N–H and O–H groups in total. The smallest absolute Gasteiger partial charge is 0.134 e. The predicted octanol–water partition coefficient (Wildman–Crippen LogP) is 5.51. The van der Waals surface area contributed by atoms with Crippen molar-refractivity contribution in [3.63, 3.8) is 0 Å². The average Bonchev–Trinajstić information content (AvgIpc) is 2.94. The molecule has 1 heterocycles. The second kappa shape index (κ2) is 5.77. The molecule has 2 heteroatoms. The first-order chi connectivity index (χ1) is 11.2. The quantitative estimate of drug-likeness (QED) is 0.637. The maximum absolute atomic E-state index is 6.05. The van der Waals surface area contributed by atoms with Gasteiger partial charge in [0.1, 0.15) is 23.7 Å². The largest absolute Gasteiger partial charge is 0.489 e. The van der Waals surface area contributed by atoms with Crippen LogP contribution in [-0.4, -0.2) is 0 Å². The van der Waals surface area contributed by atoms with Crippen molar-refractivity contribution in [2.45, 2.75) is 46.1 Å². The Morgan fingerprint density at radius 3 is 2.78 bits per heavy atom. The van der Waals surface area contributed by atoms with Crippen LogP contribution in [0.4, 0.5) is 0 Å². The van der Waals surface area contributed by atoms with E-state index in [9.17, 15) is 0 Å². The van der Waals surface area contributed by atoms with E-state index in [4.69, 9.17) is 9.15 Å². The van der Waals surface area contributed by atoms with E-state index in [1.54, 1.807) is 0 Å². The third-order valence-corrected chi connectivity index (χ3v) is 4.83. The molecule has 3 aromatic rings. The third kappa shape index (κ3) is 2.74. The first kappa shape index (κ1) is 14.4. The fourth-order valence-corrected chi connectivity index (χ4v) is 3.45. The molecule has 0 amide bonds. The number of rotatable bonds is 3. The van der Waals surface area contributed by atoms with Gasteiger partial charge in [-0.25, -0.2) is 0 Å². The topological polar surface area (TPSA) is 22.4 Å². The molecule has 0 spiro atoms. The maximum atomic E-state index is 6.05. The van der Waals surface area contributed by atoms with Crippen LogP contribution in [0.2, 0.25) is 0 Å². The molecule has 2 nitrogen and oxygen atoms in total. The highest BCUT2D eigenvalue weighted by Crippen LogP contribution is 2.34. The number of hydrogen-bond donors (Lipinski definition) is 0. The van der Waals surface area contributed by atoms with E-state index in [1.807, 2.05) is 12.1 Å². The summed E-state index contributed by atoms with van der Waals surface area (Å²) in [6.45, 7) is 4.86. The van der Waals surface area contributed by atoms with Crippen molar-refractivity contribution in [1.82, 2.24) is 0 Å². The second-order valence-corrected chi connectivity index (χ2v) is 6.59. The first-order valence-electron chi connectivity index (χ1n) is 8.44. The Hall–Kier alpha value is -2.22. The number of ether oxygens (including phenoxy) is 1. The Bertz CT molecular complexity index is 858.